The molecule has 0 bridgehead atoms. The Bertz CT molecular complexity index is 308. The molecule has 0 aromatic carbocycles. The fraction of sp³-hybridized carbons (Fsp3) is 0.818. The van der Waals surface area contributed by atoms with Crippen molar-refractivity contribution in [2.24, 2.45) is 11.7 Å². The summed E-state index contributed by atoms with van der Waals surface area (Å²) in [5, 5.41) is 0. The monoisotopic (exact) mass is 241 g/mol. The third-order valence-corrected chi connectivity index (χ3v) is 4.05. The summed E-state index contributed by atoms with van der Waals surface area (Å²) in [7, 11) is 0. The van der Waals surface area contributed by atoms with Crippen LogP contribution in [0.4, 0.5) is 0 Å². The summed E-state index contributed by atoms with van der Waals surface area (Å²) in [6.07, 6.45) is 2.47. The first-order chi connectivity index (χ1) is 7.59. The molecular formula is C11H19N3OS. The van der Waals surface area contributed by atoms with E-state index in [1.165, 1.54) is 19.4 Å². The van der Waals surface area contributed by atoms with Gasteiger partial charge < -0.3 is 10.6 Å². The summed E-state index contributed by atoms with van der Waals surface area (Å²) in [5.74, 6) is -0.220. The van der Waals surface area contributed by atoms with Crippen LogP contribution in [0.3, 0.4) is 0 Å². The quantitative estimate of drug-likeness (QED) is 0.703. The molecule has 0 spiro atoms. The molecule has 0 aromatic heterocycles. The molecular weight excluding hydrogens is 222 g/mol. The molecule has 4 nitrogen and oxygen atoms in total. The molecule has 2 rings (SSSR count). The van der Waals surface area contributed by atoms with Gasteiger partial charge in [0.15, 0.2) is 0 Å². The van der Waals surface area contributed by atoms with E-state index < -0.39 is 0 Å². The molecule has 0 saturated carbocycles. The minimum Gasteiger partial charge on any atom is -0.393 e. The van der Waals surface area contributed by atoms with E-state index in [-0.39, 0.29) is 11.8 Å². The number of piperazine rings is 1. The Kier molecular flexibility index (Phi) is 3.44. The predicted molar refractivity (Wildman–Crippen MR) is 67.1 cm³/mol. The lowest BCUT2D eigenvalue weighted by atomic mass is 10.1. The molecule has 2 aliphatic heterocycles. The van der Waals surface area contributed by atoms with Gasteiger partial charge in [-0.1, -0.05) is 12.2 Å². The third-order valence-electron chi connectivity index (χ3n) is 3.70. The standard InChI is InChI=1S/C11H19N3OS/c1-8(10(12)16)11(15)14-6-5-13-4-2-3-9(13)7-14/h8-9H,2-7H2,1H3,(H2,12,16). The highest BCUT2D eigenvalue weighted by molar-refractivity contribution is 7.80. The summed E-state index contributed by atoms with van der Waals surface area (Å²) in [5.41, 5.74) is 5.52. The molecule has 2 atom stereocenters. The van der Waals surface area contributed by atoms with Crippen LogP contribution in [-0.4, -0.2) is 52.9 Å². The van der Waals surface area contributed by atoms with Gasteiger partial charge in [0, 0.05) is 25.7 Å². The van der Waals surface area contributed by atoms with Gasteiger partial charge in [-0.2, -0.15) is 0 Å². The SMILES string of the molecule is CC(C(=O)N1CCN2CCCC2C1)C(N)=S. The number of rotatable bonds is 2. The summed E-state index contributed by atoms with van der Waals surface area (Å²) < 4.78 is 0. The van der Waals surface area contributed by atoms with Crippen LogP contribution in [0.25, 0.3) is 0 Å². The van der Waals surface area contributed by atoms with Crippen LogP contribution in [0.15, 0.2) is 0 Å². The van der Waals surface area contributed by atoms with E-state index in [9.17, 15) is 4.79 Å². The van der Waals surface area contributed by atoms with Crippen molar-refractivity contribution in [3.63, 3.8) is 0 Å². The average Bonchev–Trinajstić information content (AvgIpc) is 2.73. The number of nitrogens with two attached hydrogens (primary N) is 1. The van der Waals surface area contributed by atoms with Gasteiger partial charge in [0.2, 0.25) is 5.91 Å². The van der Waals surface area contributed by atoms with Gasteiger partial charge >= 0.3 is 0 Å². The van der Waals surface area contributed by atoms with E-state index >= 15 is 0 Å². The zero-order valence-electron chi connectivity index (χ0n) is 9.69. The second-order valence-electron chi connectivity index (χ2n) is 4.74. The normalized spacial score (nSPS) is 27.6. The highest BCUT2D eigenvalue weighted by Crippen LogP contribution is 2.22. The van der Waals surface area contributed by atoms with E-state index in [1.54, 1.807) is 6.92 Å². The summed E-state index contributed by atoms with van der Waals surface area (Å²) in [6, 6.07) is 0.566. The van der Waals surface area contributed by atoms with E-state index in [1.807, 2.05) is 4.90 Å². The molecule has 2 heterocycles. The molecule has 0 radical (unpaired) electrons. The van der Waals surface area contributed by atoms with Gasteiger partial charge in [-0.15, -0.1) is 0 Å². The van der Waals surface area contributed by atoms with Crippen molar-refractivity contribution >= 4 is 23.1 Å². The number of nitrogens with zero attached hydrogens (tertiary/aromatic N) is 2. The number of hydrogen-bond acceptors (Lipinski definition) is 3. The topological polar surface area (TPSA) is 49.6 Å². The van der Waals surface area contributed by atoms with Crippen molar-refractivity contribution in [3.05, 3.63) is 0 Å². The molecule has 2 N–H and O–H groups in total. The van der Waals surface area contributed by atoms with Crippen LogP contribution >= 0.6 is 12.2 Å². The molecule has 90 valence electrons. The van der Waals surface area contributed by atoms with Gasteiger partial charge in [0.05, 0.1) is 10.9 Å². The highest BCUT2D eigenvalue weighted by atomic mass is 32.1. The molecule has 5 heteroatoms. The Morgan fingerprint density at radius 2 is 2.19 bits per heavy atom. The molecule has 2 aliphatic rings. The van der Waals surface area contributed by atoms with Crippen molar-refractivity contribution in [1.82, 2.24) is 9.80 Å². The lowest BCUT2D eigenvalue weighted by molar-refractivity contribution is -0.135. The van der Waals surface area contributed by atoms with Crippen molar-refractivity contribution in [1.29, 1.82) is 0 Å². The Labute approximate surface area is 102 Å². The van der Waals surface area contributed by atoms with Gasteiger partial charge in [-0.3, -0.25) is 9.69 Å². The Hall–Kier alpha value is -0.680. The van der Waals surface area contributed by atoms with Gasteiger partial charge in [0.1, 0.15) is 0 Å². The number of carbonyl (C=O) groups is 1. The maximum atomic E-state index is 12.1. The molecule has 2 saturated heterocycles. The number of fused-ring (bicyclic) bond motifs is 1. The molecule has 0 aromatic rings. The van der Waals surface area contributed by atoms with Crippen LogP contribution in [0.5, 0.6) is 0 Å². The first-order valence-electron chi connectivity index (χ1n) is 5.91. The van der Waals surface area contributed by atoms with E-state index in [0.29, 0.717) is 11.0 Å². The first kappa shape index (κ1) is 11.8. The fourth-order valence-corrected chi connectivity index (χ4v) is 2.69. The van der Waals surface area contributed by atoms with Gasteiger partial charge in [0.25, 0.3) is 0 Å². The maximum Gasteiger partial charge on any atom is 0.232 e. The summed E-state index contributed by atoms with van der Waals surface area (Å²) in [4.78, 5) is 16.8. The number of thiocarbonyl (C=S) groups is 1. The van der Waals surface area contributed by atoms with E-state index in [0.717, 1.165) is 19.6 Å². The van der Waals surface area contributed by atoms with Crippen molar-refractivity contribution < 1.29 is 4.79 Å². The first-order valence-corrected chi connectivity index (χ1v) is 6.32. The second kappa shape index (κ2) is 4.67. The molecule has 0 aliphatic carbocycles. The summed E-state index contributed by atoms with van der Waals surface area (Å²) in [6.45, 7) is 5.66. The third kappa shape index (κ3) is 2.20. The molecule has 2 fully saturated rings. The zero-order chi connectivity index (χ0) is 11.7. The Morgan fingerprint density at radius 1 is 1.44 bits per heavy atom. The molecule has 1 amide bonds. The van der Waals surface area contributed by atoms with Crippen LogP contribution in [-0.2, 0) is 4.79 Å². The lowest BCUT2D eigenvalue weighted by Gasteiger charge is -2.38. The second-order valence-corrected chi connectivity index (χ2v) is 5.21. The zero-order valence-corrected chi connectivity index (χ0v) is 10.5. The maximum absolute atomic E-state index is 12.1. The van der Waals surface area contributed by atoms with Crippen LogP contribution in [0.2, 0.25) is 0 Å². The number of carbonyl (C=O) groups excluding carboxylic acids is 1. The summed E-state index contributed by atoms with van der Waals surface area (Å²) >= 11 is 4.88. The lowest BCUT2D eigenvalue weighted by Crippen LogP contribution is -2.54. The predicted octanol–water partition coefficient (Wildman–Crippen LogP) is 0.215. The fourth-order valence-electron chi connectivity index (χ4n) is 2.59. The molecule has 2 unspecified atom stereocenters. The van der Waals surface area contributed by atoms with Crippen LogP contribution < -0.4 is 5.73 Å². The number of amides is 1. The van der Waals surface area contributed by atoms with E-state index in [4.69, 9.17) is 18.0 Å². The molecule has 16 heavy (non-hydrogen) atoms. The van der Waals surface area contributed by atoms with E-state index in [2.05, 4.69) is 4.90 Å². The largest absolute Gasteiger partial charge is 0.393 e. The van der Waals surface area contributed by atoms with Gasteiger partial charge in [-0.05, 0) is 26.3 Å². The van der Waals surface area contributed by atoms with Crippen molar-refractivity contribution in [2.45, 2.75) is 25.8 Å². The average molecular weight is 241 g/mol. The minimum atomic E-state index is -0.317. The van der Waals surface area contributed by atoms with Crippen molar-refractivity contribution in [3.8, 4) is 0 Å². The van der Waals surface area contributed by atoms with Gasteiger partial charge in [-0.25, -0.2) is 0 Å². The van der Waals surface area contributed by atoms with Crippen molar-refractivity contribution in [2.75, 3.05) is 26.2 Å². The van der Waals surface area contributed by atoms with Crippen LogP contribution in [0, 0.1) is 5.92 Å². The smallest absolute Gasteiger partial charge is 0.232 e. The van der Waals surface area contributed by atoms with Crippen LogP contribution in [0.1, 0.15) is 19.8 Å². The highest BCUT2D eigenvalue weighted by Gasteiger charge is 2.34. The Balaban J connectivity index is 1.96. The Morgan fingerprint density at radius 3 is 2.88 bits per heavy atom. The minimum absolute atomic E-state index is 0.0963. The number of hydrogen-bond donors (Lipinski definition) is 1.